The average Bonchev–Trinajstić information content (AvgIpc) is 3.34. The zero-order chi connectivity index (χ0) is 14.7. The first-order valence-corrected chi connectivity index (χ1v) is 8.04. The average molecular weight is 288 g/mol. The molecule has 1 aliphatic carbocycles. The van der Waals surface area contributed by atoms with Crippen molar-refractivity contribution in [2.45, 2.75) is 44.7 Å². The molecule has 1 aliphatic heterocycles. The molecule has 1 aromatic rings. The summed E-state index contributed by atoms with van der Waals surface area (Å²) in [6.45, 7) is 4.73. The molecule has 1 heterocycles. The normalized spacial score (nSPS) is 20.2. The quantitative estimate of drug-likeness (QED) is 0.905. The number of likely N-dealkylation sites (tertiary alicyclic amines) is 1. The minimum Gasteiger partial charge on any atom is -0.493 e. The smallest absolute Gasteiger partial charge is 0.255 e. The van der Waals surface area contributed by atoms with Crippen LogP contribution in [0.15, 0.2) is 24.3 Å². The van der Waals surface area contributed by atoms with Gasteiger partial charge in [0, 0.05) is 25.2 Å². The molecule has 3 rings (SSSR count). The number of para-hydroxylation sites is 1. The van der Waals surface area contributed by atoms with E-state index in [0.29, 0.717) is 24.0 Å². The van der Waals surface area contributed by atoms with E-state index in [0.717, 1.165) is 32.0 Å². The number of nitrogens with zero attached hydrogens (tertiary/aromatic N) is 1. The summed E-state index contributed by atoms with van der Waals surface area (Å²) in [7, 11) is 0. The number of carbonyl (C=O) groups excluding carboxylic acids is 1. The van der Waals surface area contributed by atoms with E-state index in [4.69, 9.17) is 4.74 Å². The van der Waals surface area contributed by atoms with Gasteiger partial charge in [-0.3, -0.25) is 4.79 Å². The number of benzene rings is 1. The molecule has 1 N–H and O–H groups in total. The predicted molar refractivity (Wildman–Crippen MR) is 82.7 cm³/mol. The Hall–Kier alpha value is -1.55. The first-order chi connectivity index (χ1) is 10.3. The van der Waals surface area contributed by atoms with Gasteiger partial charge in [0.2, 0.25) is 0 Å². The van der Waals surface area contributed by atoms with Crippen molar-refractivity contribution >= 4 is 5.91 Å². The van der Waals surface area contributed by atoms with Gasteiger partial charge in [-0.25, -0.2) is 0 Å². The highest BCUT2D eigenvalue weighted by Gasteiger charge is 2.32. The minimum atomic E-state index is -0.0103. The maximum Gasteiger partial charge on any atom is 0.255 e. The van der Waals surface area contributed by atoms with Gasteiger partial charge in [-0.2, -0.15) is 0 Å². The SMILES string of the molecule is CCOc1ccccc1C(=O)NC1CCN(C2CC2)CC1. The first-order valence-electron chi connectivity index (χ1n) is 8.04. The molecule has 21 heavy (non-hydrogen) atoms. The second-order valence-electron chi connectivity index (χ2n) is 5.94. The Kier molecular flexibility index (Phi) is 4.44. The summed E-state index contributed by atoms with van der Waals surface area (Å²) in [5.41, 5.74) is 0.643. The van der Waals surface area contributed by atoms with Crippen molar-refractivity contribution in [3.8, 4) is 5.75 Å². The molecule has 0 spiro atoms. The summed E-state index contributed by atoms with van der Waals surface area (Å²) in [6, 6.07) is 8.60. The summed E-state index contributed by atoms with van der Waals surface area (Å²) in [5, 5.41) is 3.17. The van der Waals surface area contributed by atoms with Crippen molar-refractivity contribution in [1.29, 1.82) is 0 Å². The Bertz CT molecular complexity index is 491. The van der Waals surface area contributed by atoms with Crippen LogP contribution in [0.1, 0.15) is 43.0 Å². The third-order valence-electron chi connectivity index (χ3n) is 4.36. The number of ether oxygens (including phenoxy) is 1. The van der Waals surface area contributed by atoms with E-state index in [1.807, 2.05) is 31.2 Å². The van der Waals surface area contributed by atoms with Gasteiger partial charge in [0.25, 0.3) is 5.91 Å². The molecule has 4 heteroatoms. The molecule has 114 valence electrons. The summed E-state index contributed by atoms with van der Waals surface area (Å²) >= 11 is 0. The first kappa shape index (κ1) is 14.4. The lowest BCUT2D eigenvalue weighted by Gasteiger charge is -2.32. The zero-order valence-corrected chi connectivity index (χ0v) is 12.7. The molecule has 2 fully saturated rings. The molecule has 1 aromatic carbocycles. The fourth-order valence-corrected chi connectivity index (χ4v) is 3.05. The van der Waals surface area contributed by atoms with Gasteiger partial charge >= 0.3 is 0 Å². The molecule has 0 radical (unpaired) electrons. The number of hydrogen-bond acceptors (Lipinski definition) is 3. The fourth-order valence-electron chi connectivity index (χ4n) is 3.05. The highest BCUT2D eigenvalue weighted by molar-refractivity contribution is 5.97. The van der Waals surface area contributed by atoms with Crippen molar-refractivity contribution in [3.05, 3.63) is 29.8 Å². The lowest BCUT2D eigenvalue weighted by atomic mass is 10.0. The van der Waals surface area contributed by atoms with Gasteiger partial charge in [-0.05, 0) is 44.7 Å². The fraction of sp³-hybridized carbons (Fsp3) is 0.588. The Morgan fingerprint density at radius 1 is 1.24 bits per heavy atom. The third kappa shape index (κ3) is 3.56. The molecule has 0 atom stereocenters. The van der Waals surface area contributed by atoms with Crippen LogP contribution in [0.4, 0.5) is 0 Å². The monoisotopic (exact) mass is 288 g/mol. The van der Waals surface area contributed by atoms with E-state index in [9.17, 15) is 4.79 Å². The Morgan fingerprint density at radius 2 is 1.95 bits per heavy atom. The van der Waals surface area contributed by atoms with Crippen molar-refractivity contribution in [2.24, 2.45) is 0 Å². The van der Waals surface area contributed by atoms with Crippen LogP contribution >= 0.6 is 0 Å². The van der Waals surface area contributed by atoms with E-state index in [-0.39, 0.29) is 5.91 Å². The highest BCUT2D eigenvalue weighted by atomic mass is 16.5. The molecule has 0 aromatic heterocycles. The van der Waals surface area contributed by atoms with Crippen LogP contribution in [-0.2, 0) is 0 Å². The number of carbonyl (C=O) groups is 1. The Labute approximate surface area is 126 Å². The molecule has 2 aliphatic rings. The van der Waals surface area contributed by atoms with Crippen molar-refractivity contribution in [3.63, 3.8) is 0 Å². The molecule has 0 unspecified atom stereocenters. The van der Waals surface area contributed by atoms with Crippen LogP contribution in [-0.4, -0.2) is 42.6 Å². The lowest BCUT2D eigenvalue weighted by Crippen LogP contribution is -2.45. The molecule has 1 saturated carbocycles. The van der Waals surface area contributed by atoms with E-state index >= 15 is 0 Å². The Morgan fingerprint density at radius 3 is 2.62 bits per heavy atom. The standard InChI is InChI=1S/C17H24N2O2/c1-2-21-16-6-4-3-5-15(16)17(20)18-13-9-11-19(12-10-13)14-7-8-14/h3-6,13-14H,2,7-12H2,1H3,(H,18,20). The highest BCUT2D eigenvalue weighted by Crippen LogP contribution is 2.29. The summed E-state index contributed by atoms with van der Waals surface area (Å²) in [5.74, 6) is 0.664. The van der Waals surface area contributed by atoms with Crippen LogP contribution in [0.3, 0.4) is 0 Å². The second kappa shape index (κ2) is 6.48. The minimum absolute atomic E-state index is 0.0103. The van der Waals surface area contributed by atoms with Crippen LogP contribution in [0.5, 0.6) is 5.75 Å². The number of amides is 1. The largest absolute Gasteiger partial charge is 0.493 e. The molecule has 1 saturated heterocycles. The lowest BCUT2D eigenvalue weighted by molar-refractivity contribution is 0.0905. The number of rotatable bonds is 5. The van der Waals surface area contributed by atoms with Gasteiger partial charge in [0.1, 0.15) is 5.75 Å². The molecule has 1 amide bonds. The number of hydrogen-bond donors (Lipinski definition) is 1. The predicted octanol–water partition coefficient (Wildman–Crippen LogP) is 2.44. The van der Waals surface area contributed by atoms with Gasteiger partial charge in [0.15, 0.2) is 0 Å². The molecular weight excluding hydrogens is 264 g/mol. The van der Waals surface area contributed by atoms with E-state index in [2.05, 4.69) is 10.2 Å². The van der Waals surface area contributed by atoms with Crippen LogP contribution in [0.25, 0.3) is 0 Å². The topological polar surface area (TPSA) is 41.6 Å². The number of piperidine rings is 1. The van der Waals surface area contributed by atoms with E-state index < -0.39 is 0 Å². The summed E-state index contributed by atoms with van der Waals surface area (Å²) < 4.78 is 5.54. The van der Waals surface area contributed by atoms with Crippen molar-refractivity contribution in [1.82, 2.24) is 10.2 Å². The van der Waals surface area contributed by atoms with Crippen LogP contribution in [0.2, 0.25) is 0 Å². The van der Waals surface area contributed by atoms with Crippen molar-refractivity contribution in [2.75, 3.05) is 19.7 Å². The van der Waals surface area contributed by atoms with Crippen LogP contribution < -0.4 is 10.1 Å². The van der Waals surface area contributed by atoms with Crippen LogP contribution in [0, 0.1) is 0 Å². The maximum absolute atomic E-state index is 12.4. The summed E-state index contributed by atoms with van der Waals surface area (Å²) in [6.07, 6.45) is 4.83. The van der Waals surface area contributed by atoms with E-state index in [1.165, 1.54) is 12.8 Å². The summed E-state index contributed by atoms with van der Waals surface area (Å²) in [4.78, 5) is 15.0. The number of nitrogens with one attached hydrogen (secondary N) is 1. The van der Waals surface area contributed by atoms with Gasteiger partial charge in [-0.15, -0.1) is 0 Å². The molecule has 0 bridgehead atoms. The van der Waals surface area contributed by atoms with Crippen molar-refractivity contribution < 1.29 is 9.53 Å². The van der Waals surface area contributed by atoms with Gasteiger partial charge in [-0.1, -0.05) is 12.1 Å². The Balaban J connectivity index is 1.56. The third-order valence-corrected chi connectivity index (χ3v) is 4.36. The second-order valence-corrected chi connectivity index (χ2v) is 5.94. The molecule has 4 nitrogen and oxygen atoms in total. The van der Waals surface area contributed by atoms with E-state index in [1.54, 1.807) is 0 Å². The van der Waals surface area contributed by atoms with Gasteiger partial charge < -0.3 is 15.0 Å². The van der Waals surface area contributed by atoms with Gasteiger partial charge in [0.05, 0.1) is 12.2 Å². The molecular formula is C17H24N2O2. The zero-order valence-electron chi connectivity index (χ0n) is 12.7. The maximum atomic E-state index is 12.4.